The van der Waals surface area contributed by atoms with Gasteiger partial charge in [0, 0.05) is 18.4 Å². The first-order valence-electron chi connectivity index (χ1n) is 5.32. The van der Waals surface area contributed by atoms with E-state index in [1.165, 1.54) is 14.0 Å². The van der Waals surface area contributed by atoms with Gasteiger partial charge in [-0.2, -0.15) is 13.7 Å². The van der Waals surface area contributed by atoms with Gasteiger partial charge in [0.1, 0.15) is 5.76 Å². The Labute approximate surface area is 106 Å². The van der Waals surface area contributed by atoms with E-state index in [1.807, 2.05) is 6.07 Å². The lowest BCUT2D eigenvalue weighted by Crippen LogP contribution is -2.16. The number of oxime groups is 1. The van der Waals surface area contributed by atoms with Crippen LogP contribution in [0.1, 0.15) is 13.3 Å². The SMILES string of the molecule is CCS(=O)(=O)ON=C1C=C(OC)C=CC1CC#N. The average Bonchev–Trinajstić information content (AvgIpc) is 2.38. The first-order chi connectivity index (χ1) is 8.52. The lowest BCUT2D eigenvalue weighted by atomic mass is 9.95. The summed E-state index contributed by atoms with van der Waals surface area (Å²) in [6.07, 6.45) is 5.17. The topological polar surface area (TPSA) is 88.8 Å². The summed E-state index contributed by atoms with van der Waals surface area (Å²) >= 11 is 0. The second-order valence-electron chi connectivity index (χ2n) is 3.52. The lowest BCUT2D eigenvalue weighted by Gasteiger charge is -2.14. The van der Waals surface area contributed by atoms with Crippen LogP contribution in [-0.4, -0.2) is 27.0 Å². The highest BCUT2D eigenvalue weighted by molar-refractivity contribution is 7.86. The van der Waals surface area contributed by atoms with Gasteiger partial charge in [-0.15, -0.1) is 0 Å². The molecule has 0 N–H and O–H groups in total. The summed E-state index contributed by atoms with van der Waals surface area (Å²) in [6, 6.07) is 2.00. The van der Waals surface area contributed by atoms with Gasteiger partial charge in [0.15, 0.2) is 0 Å². The Morgan fingerprint density at radius 1 is 1.56 bits per heavy atom. The summed E-state index contributed by atoms with van der Waals surface area (Å²) in [5.41, 5.74) is 0.355. The second-order valence-corrected chi connectivity index (χ2v) is 5.36. The molecular weight excluding hydrogens is 256 g/mol. The maximum absolute atomic E-state index is 11.2. The van der Waals surface area contributed by atoms with E-state index < -0.39 is 10.1 Å². The van der Waals surface area contributed by atoms with Crippen molar-refractivity contribution in [2.75, 3.05) is 12.9 Å². The summed E-state index contributed by atoms with van der Waals surface area (Å²) in [4.78, 5) is 0. The lowest BCUT2D eigenvalue weighted by molar-refractivity contribution is 0.304. The zero-order valence-corrected chi connectivity index (χ0v) is 11.0. The Balaban J connectivity index is 2.94. The van der Waals surface area contributed by atoms with Gasteiger partial charge in [0.25, 0.3) is 0 Å². The Hall–Kier alpha value is -1.81. The van der Waals surface area contributed by atoms with E-state index in [-0.39, 0.29) is 18.1 Å². The van der Waals surface area contributed by atoms with E-state index in [1.54, 1.807) is 18.2 Å². The van der Waals surface area contributed by atoms with Crippen LogP contribution in [0.15, 0.2) is 29.1 Å². The van der Waals surface area contributed by atoms with Gasteiger partial charge in [0.2, 0.25) is 0 Å². The minimum atomic E-state index is -3.65. The normalized spacial score (nSPS) is 21.3. The molecule has 0 heterocycles. The van der Waals surface area contributed by atoms with Crippen LogP contribution >= 0.6 is 0 Å². The Morgan fingerprint density at radius 2 is 2.28 bits per heavy atom. The van der Waals surface area contributed by atoms with Gasteiger partial charge in [-0.3, -0.25) is 4.28 Å². The van der Waals surface area contributed by atoms with E-state index in [0.717, 1.165) is 0 Å². The molecule has 0 saturated carbocycles. The zero-order valence-electron chi connectivity index (χ0n) is 10.2. The van der Waals surface area contributed by atoms with Crippen molar-refractivity contribution in [2.45, 2.75) is 13.3 Å². The molecule has 18 heavy (non-hydrogen) atoms. The molecule has 7 heteroatoms. The highest BCUT2D eigenvalue weighted by Crippen LogP contribution is 2.18. The Morgan fingerprint density at radius 3 is 2.83 bits per heavy atom. The molecule has 6 nitrogen and oxygen atoms in total. The quantitative estimate of drug-likeness (QED) is 0.703. The minimum absolute atomic E-state index is 0.163. The number of hydrogen-bond donors (Lipinski definition) is 0. The molecule has 1 aliphatic carbocycles. The van der Waals surface area contributed by atoms with E-state index in [2.05, 4.69) is 9.44 Å². The number of nitrogens with zero attached hydrogens (tertiary/aromatic N) is 2. The van der Waals surface area contributed by atoms with Gasteiger partial charge in [-0.05, 0) is 13.0 Å². The summed E-state index contributed by atoms with van der Waals surface area (Å²) in [5.74, 6) is 0.0741. The number of methoxy groups -OCH3 is 1. The fourth-order valence-corrected chi connectivity index (χ4v) is 1.56. The molecule has 0 amide bonds. The molecular formula is C11H14N2O4S. The average molecular weight is 270 g/mol. The van der Waals surface area contributed by atoms with Crippen LogP contribution in [-0.2, 0) is 19.1 Å². The number of nitriles is 1. The van der Waals surface area contributed by atoms with Gasteiger partial charge in [-0.1, -0.05) is 11.2 Å². The highest BCUT2D eigenvalue weighted by Gasteiger charge is 2.18. The fraction of sp³-hybridized carbons (Fsp3) is 0.455. The van der Waals surface area contributed by atoms with Gasteiger partial charge < -0.3 is 4.74 Å². The number of ether oxygens (including phenoxy) is 1. The summed E-state index contributed by atoms with van der Waals surface area (Å²) in [5, 5.41) is 12.3. The molecule has 0 aromatic rings. The monoisotopic (exact) mass is 270 g/mol. The Bertz CT molecular complexity index is 526. The molecule has 1 unspecified atom stereocenters. The number of rotatable bonds is 5. The van der Waals surface area contributed by atoms with Crippen LogP contribution in [0, 0.1) is 17.2 Å². The van der Waals surface area contributed by atoms with E-state index in [4.69, 9.17) is 10.00 Å². The summed E-state index contributed by atoms with van der Waals surface area (Å²) in [6.45, 7) is 1.46. The van der Waals surface area contributed by atoms with Crippen LogP contribution in [0.2, 0.25) is 0 Å². The third kappa shape index (κ3) is 3.89. The third-order valence-corrected chi connectivity index (χ3v) is 3.33. The van der Waals surface area contributed by atoms with Crippen molar-refractivity contribution < 1.29 is 17.4 Å². The van der Waals surface area contributed by atoms with Crippen LogP contribution in [0.3, 0.4) is 0 Å². The van der Waals surface area contributed by atoms with E-state index in [9.17, 15) is 8.42 Å². The second kappa shape index (κ2) is 6.21. The van der Waals surface area contributed by atoms with Crippen molar-refractivity contribution in [3.63, 3.8) is 0 Å². The maximum Gasteiger partial charge on any atom is 0.328 e. The van der Waals surface area contributed by atoms with Crippen molar-refractivity contribution in [3.8, 4) is 6.07 Å². The molecule has 98 valence electrons. The first kappa shape index (κ1) is 14.3. The van der Waals surface area contributed by atoms with Crippen molar-refractivity contribution >= 4 is 15.8 Å². The minimum Gasteiger partial charge on any atom is -0.497 e. The molecule has 1 aliphatic rings. The standard InChI is InChI=1S/C11H14N2O4S/c1-3-18(14,15)17-13-11-8-10(16-2)5-4-9(11)6-7-12/h4-5,8-9H,3,6H2,1-2H3. The molecule has 0 aromatic carbocycles. The molecule has 0 bridgehead atoms. The molecule has 0 spiro atoms. The number of hydrogen-bond acceptors (Lipinski definition) is 6. The summed E-state index contributed by atoms with van der Waals surface area (Å²) in [7, 11) is -2.16. The van der Waals surface area contributed by atoms with Gasteiger partial charge >= 0.3 is 10.1 Å². The first-order valence-corrected chi connectivity index (χ1v) is 6.90. The highest BCUT2D eigenvalue weighted by atomic mass is 32.2. The van der Waals surface area contributed by atoms with Gasteiger partial charge in [-0.25, -0.2) is 0 Å². The molecule has 0 aliphatic heterocycles. The predicted molar refractivity (Wildman–Crippen MR) is 65.9 cm³/mol. The summed E-state index contributed by atoms with van der Waals surface area (Å²) < 4.78 is 31.9. The smallest absolute Gasteiger partial charge is 0.328 e. The van der Waals surface area contributed by atoms with Crippen LogP contribution in [0.5, 0.6) is 0 Å². The van der Waals surface area contributed by atoms with Crippen molar-refractivity contribution in [1.29, 1.82) is 5.26 Å². The van der Waals surface area contributed by atoms with Crippen molar-refractivity contribution in [1.82, 2.24) is 0 Å². The van der Waals surface area contributed by atoms with Crippen LogP contribution < -0.4 is 0 Å². The molecule has 0 saturated heterocycles. The predicted octanol–water partition coefficient (Wildman–Crippen LogP) is 1.34. The van der Waals surface area contributed by atoms with Crippen LogP contribution in [0.4, 0.5) is 0 Å². The molecule has 0 aromatic heterocycles. The maximum atomic E-state index is 11.2. The molecule has 0 fully saturated rings. The van der Waals surface area contributed by atoms with E-state index >= 15 is 0 Å². The Kier molecular flexibility index (Phi) is 4.92. The number of allylic oxidation sites excluding steroid dienone is 3. The molecule has 0 radical (unpaired) electrons. The molecule has 1 rings (SSSR count). The molecule has 1 atom stereocenters. The van der Waals surface area contributed by atoms with Crippen molar-refractivity contribution in [3.05, 3.63) is 24.0 Å². The third-order valence-electron chi connectivity index (χ3n) is 2.32. The zero-order chi connectivity index (χ0) is 13.6. The van der Waals surface area contributed by atoms with Gasteiger partial charge in [0.05, 0.1) is 24.6 Å². The largest absolute Gasteiger partial charge is 0.497 e. The van der Waals surface area contributed by atoms with Crippen LogP contribution in [0.25, 0.3) is 0 Å². The van der Waals surface area contributed by atoms with E-state index in [0.29, 0.717) is 11.5 Å². The fourth-order valence-electron chi connectivity index (χ4n) is 1.25. The van der Waals surface area contributed by atoms with Crippen molar-refractivity contribution in [2.24, 2.45) is 11.1 Å².